The van der Waals surface area contributed by atoms with Gasteiger partial charge >= 0.3 is 0 Å². The highest BCUT2D eigenvalue weighted by atomic mass is 79.9. The molecule has 2 aromatic carbocycles. The van der Waals surface area contributed by atoms with Gasteiger partial charge in [-0.2, -0.15) is 9.29 Å². The number of hydrogen-bond donors (Lipinski definition) is 0. The zero-order valence-corrected chi connectivity index (χ0v) is 17.2. The molecule has 3 aromatic rings. The van der Waals surface area contributed by atoms with Gasteiger partial charge in [-0.05, 0) is 55.3 Å². The molecule has 6 nitrogen and oxygen atoms in total. The summed E-state index contributed by atoms with van der Waals surface area (Å²) in [5, 5.41) is 4.02. The van der Waals surface area contributed by atoms with E-state index in [-0.39, 0.29) is 22.5 Å². The molecule has 1 fully saturated rings. The summed E-state index contributed by atoms with van der Waals surface area (Å²) in [6, 6.07) is 12.6. The van der Waals surface area contributed by atoms with Gasteiger partial charge in [-0.3, -0.25) is 0 Å². The van der Waals surface area contributed by atoms with E-state index in [2.05, 4.69) is 26.1 Å². The number of benzene rings is 2. The predicted molar refractivity (Wildman–Crippen MR) is 105 cm³/mol. The van der Waals surface area contributed by atoms with Crippen LogP contribution in [0.3, 0.4) is 0 Å². The smallest absolute Gasteiger partial charge is 0.258 e. The van der Waals surface area contributed by atoms with Crippen LogP contribution in [0.15, 0.2) is 62.4 Å². The molecule has 1 saturated heterocycles. The van der Waals surface area contributed by atoms with Gasteiger partial charge in [0.25, 0.3) is 5.89 Å². The van der Waals surface area contributed by atoms with Gasteiger partial charge < -0.3 is 4.52 Å². The van der Waals surface area contributed by atoms with Crippen molar-refractivity contribution in [3.63, 3.8) is 0 Å². The Morgan fingerprint density at radius 1 is 1.11 bits per heavy atom. The molecule has 9 heteroatoms. The Kier molecular flexibility index (Phi) is 5.31. The number of rotatable bonds is 4. The van der Waals surface area contributed by atoms with Crippen LogP contribution in [-0.2, 0) is 10.0 Å². The lowest BCUT2D eigenvalue weighted by Gasteiger charge is -2.29. The second-order valence-corrected chi connectivity index (χ2v) is 9.45. The first-order valence-corrected chi connectivity index (χ1v) is 11.0. The number of aromatic nitrogens is 2. The average Bonchev–Trinajstić information content (AvgIpc) is 3.19. The Morgan fingerprint density at radius 3 is 2.50 bits per heavy atom. The van der Waals surface area contributed by atoms with Crippen LogP contribution >= 0.6 is 15.9 Å². The quantitative estimate of drug-likeness (QED) is 0.576. The SMILES string of the molecule is O=S(=O)(c1ccc(Br)cc1)N1CCC(c2noc(-c3cccc(F)c3)n2)CC1. The summed E-state index contributed by atoms with van der Waals surface area (Å²) >= 11 is 3.31. The third-order valence-electron chi connectivity index (χ3n) is 4.78. The van der Waals surface area contributed by atoms with Gasteiger partial charge in [0.05, 0.1) is 4.90 Å². The second kappa shape index (κ2) is 7.73. The zero-order valence-electron chi connectivity index (χ0n) is 14.8. The molecule has 0 amide bonds. The minimum Gasteiger partial charge on any atom is -0.334 e. The summed E-state index contributed by atoms with van der Waals surface area (Å²) in [6.45, 7) is 0.764. The van der Waals surface area contributed by atoms with Crippen molar-refractivity contribution in [3.8, 4) is 11.5 Å². The Balaban J connectivity index is 1.45. The van der Waals surface area contributed by atoms with E-state index in [9.17, 15) is 12.8 Å². The number of nitrogens with zero attached hydrogens (tertiary/aromatic N) is 3. The molecule has 1 aliphatic heterocycles. The van der Waals surface area contributed by atoms with Crippen molar-refractivity contribution in [2.75, 3.05) is 13.1 Å². The number of sulfonamides is 1. The Morgan fingerprint density at radius 2 is 1.82 bits per heavy atom. The van der Waals surface area contributed by atoms with E-state index in [1.54, 1.807) is 36.4 Å². The molecule has 0 atom stereocenters. The van der Waals surface area contributed by atoms with Gasteiger partial charge in [-0.1, -0.05) is 27.2 Å². The maximum atomic E-state index is 13.4. The Bertz CT molecular complexity index is 1080. The van der Waals surface area contributed by atoms with Crippen molar-refractivity contribution in [1.29, 1.82) is 0 Å². The molecule has 0 spiro atoms. The number of hydrogen-bond acceptors (Lipinski definition) is 5. The fraction of sp³-hybridized carbons (Fsp3) is 0.263. The molecule has 0 bridgehead atoms. The Labute approximate surface area is 170 Å². The van der Waals surface area contributed by atoms with Crippen LogP contribution in [0.25, 0.3) is 11.5 Å². The molecule has 2 heterocycles. The molecule has 4 rings (SSSR count). The summed E-state index contributed by atoms with van der Waals surface area (Å²) in [4.78, 5) is 4.66. The van der Waals surface area contributed by atoms with Crippen LogP contribution in [-0.4, -0.2) is 36.0 Å². The molecule has 1 aliphatic rings. The first-order chi connectivity index (χ1) is 13.4. The highest BCUT2D eigenvalue weighted by Crippen LogP contribution is 2.31. The summed E-state index contributed by atoms with van der Waals surface area (Å²) in [5.74, 6) is 0.422. The fourth-order valence-electron chi connectivity index (χ4n) is 3.25. The van der Waals surface area contributed by atoms with Crippen LogP contribution in [0.4, 0.5) is 4.39 Å². The van der Waals surface area contributed by atoms with Gasteiger partial charge in [0, 0.05) is 29.0 Å². The van der Waals surface area contributed by atoms with E-state index in [4.69, 9.17) is 4.52 Å². The highest BCUT2D eigenvalue weighted by molar-refractivity contribution is 9.10. The highest BCUT2D eigenvalue weighted by Gasteiger charge is 2.31. The van der Waals surface area contributed by atoms with Crippen molar-refractivity contribution in [2.24, 2.45) is 0 Å². The molecule has 146 valence electrons. The molecule has 0 N–H and O–H groups in total. The van der Waals surface area contributed by atoms with Crippen LogP contribution in [0.2, 0.25) is 0 Å². The summed E-state index contributed by atoms with van der Waals surface area (Å²) in [5.41, 5.74) is 0.522. The van der Waals surface area contributed by atoms with Crippen molar-refractivity contribution >= 4 is 26.0 Å². The zero-order chi connectivity index (χ0) is 19.7. The van der Waals surface area contributed by atoms with Crippen LogP contribution in [0.5, 0.6) is 0 Å². The third-order valence-corrected chi connectivity index (χ3v) is 7.23. The second-order valence-electron chi connectivity index (χ2n) is 6.60. The molecule has 0 unspecified atom stereocenters. The van der Waals surface area contributed by atoms with E-state index in [1.165, 1.54) is 16.4 Å². The van der Waals surface area contributed by atoms with Gasteiger partial charge in [0.15, 0.2) is 5.82 Å². The first kappa shape index (κ1) is 19.2. The molecule has 28 heavy (non-hydrogen) atoms. The van der Waals surface area contributed by atoms with E-state index < -0.39 is 10.0 Å². The molecule has 0 saturated carbocycles. The minimum atomic E-state index is -3.52. The number of piperidine rings is 1. The van der Waals surface area contributed by atoms with Crippen molar-refractivity contribution in [3.05, 3.63) is 64.6 Å². The first-order valence-electron chi connectivity index (χ1n) is 8.79. The van der Waals surface area contributed by atoms with E-state index in [0.29, 0.717) is 37.3 Å². The Hall–Kier alpha value is -2.10. The fourth-order valence-corrected chi connectivity index (χ4v) is 4.98. The average molecular weight is 466 g/mol. The molecule has 1 aromatic heterocycles. The third kappa shape index (κ3) is 3.87. The summed E-state index contributed by atoms with van der Waals surface area (Å²) in [7, 11) is -3.52. The normalized spacial score (nSPS) is 16.4. The molecular formula is C19H17BrFN3O3S. The van der Waals surface area contributed by atoms with Gasteiger partial charge in [0.2, 0.25) is 10.0 Å². The van der Waals surface area contributed by atoms with Crippen molar-refractivity contribution in [2.45, 2.75) is 23.7 Å². The van der Waals surface area contributed by atoms with Gasteiger partial charge in [-0.15, -0.1) is 0 Å². The van der Waals surface area contributed by atoms with E-state index >= 15 is 0 Å². The molecule has 0 aliphatic carbocycles. The lowest BCUT2D eigenvalue weighted by atomic mass is 9.97. The standard InChI is InChI=1S/C19H17BrFN3O3S/c20-15-4-6-17(7-5-15)28(25,26)24-10-8-13(9-11-24)18-22-19(27-23-18)14-2-1-3-16(21)12-14/h1-7,12-13H,8-11H2. The monoisotopic (exact) mass is 465 g/mol. The van der Waals surface area contributed by atoms with Crippen molar-refractivity contribution in [1.82, 2.24) is 14.4 Å². The van der Waals surface area contributed by atoms with Gasteiger partial charge in [0.1, 0.15) is 5.82 Å². The lowest BCUT2D eigenvalue weighted by Crippen LogP contribution is -2.38. The molecular weight excluding hydrogens is 449 g/mol. The summed E-state index contributed by atoms with van der Waals surface area (Å²) < 4.78 is 46.5. The van der Waals surface area contributed by atoms with Crippen molar-refractivity contribution < 1.29 is 17.3 Å². The van der Waals surface area contributed by atoms with Crippen LogP contribution < -0.4 is 0 Å². The lowest BCUT2D eigenvalue weighted by molar-refractivity contribution is 0.307. The van der Waals surface area contributed by atoms with Crippen LogP contribution in [0, 0.1) is 5.82 Å². The number of halogens is 2. The van der Waals surface area contributed by atoms with E-state index in [0.717, 1.165) is 4.47 Å². The maximum absolute atomic E-state index is 13.4. The minimum absolute atomic E-state index is 0.00225. The maximum Gasteiger partial charge on any atom is 0.258 e. The topological polar surface area (TPSA) is 76.3 Å². The summed E-state index contributed by atoms with van der Waals surface area (Å²) in [6.07, 6.45) is 1.19. The van der Waals surface area contributed by atoms with Gasteiger partial charge in [-0.25, -0.2) is 12.8 Å². The predicted octanol–water partition coefficient (Wildman–Crippen LogP) is 4.21. The largest absolute Gasteiger partial charge is 0.334 e. The molecule has 0 radical (unpaired) electrons. The van der Waals surface area contributed by atoms with E-state index in [1.807, 2.05) is 0 Å². The van der Waals surface area contributed by atoms with Crippen LogP contribution in [0.1, 0.15) is 24.6 Å².